The molecule has 4 N–H and O–H groups in total. The third-order valence-corrected chi connectivity index (χ3v) is 6.97. The summed E-state index contributed by atoms with van der Waals surface area (Å²) in [6.07, 6.45) is 0.541. The molecule has 7 nitrogen and oxygen atoms in total. The molecule has 26 heavy (non-hydrogen) atoms. The van der Waals surface area contributed by atoms with Crippen molar-refractivity contribution in [2.45, 2.75) is 44.3 Å². The van der Waals surface area contributed by atoms with Gasteiger partial charge in [0.1, 0.15) is 0 Å². The van der Waals surface area contributed by atoms with E-state index in [2.05, 4.69) is 10.6 Å². The van der Waals surface area contributed by atoms with Gasteiger partial charge in [-0.25, -0.2) is 8.42 Å². The molecule has 0 aliphatic carbocycles. The third kappa shape index (κ3) is 5.80. The Kier molecular flexibility index (Phi) is 7.22. The largest absolute Gasteiger partial charge is 0.475 e. The second-order valence-electron chi connectivity index (χ2n) is 6.95. The van der Waals surface area contributed by atoms with E-state index in [1.54, 1.807) is 0 Å². The summed E-state index contributed by atoms with van der Waals surface area (Å²) in [5.41, 5.74) is 3.05. The van der Waals surface area contributed by atoms with E-state index >= 15 is 0 Å². The van der Waals surface area contributed by atoms with Crippen LogP contribution in [0.4, 0.5) is 0 Å². The monoisotopic (exact) mass is 382 g/mol. The highest BCUT2D eigenvalue weighted by molar-refractivity contribution is 7.92. The van der Waals surface area contributed by atoms with Crippen molar-refractivity contribution >= 4 is 22.9 Å². The molecule has 144 valence electrons. The smallest absolute Gasteiger partial charge is 0.426 e. The maximum absolute atomic E-state index is 12.2. The average Bonchev–Trinajstić information content (AvgIpc) is 2.55. The first-order valence-corrected chi connectivity index (χ1v) is 10.5. The van der Waals surface area contributed by atoms with Gasteiger partial charge in [-0.2, -0.15) is 0 Å². The van der Waals surface area contributed by atoms with Gasteiger partial charge < -0.3 is 20.7 Å². The summed E-state index contributed by atoms with van der Waals surface area (Å²) in [6.45, 7) is 4.71. The van der Waals surface area contributed by atoms with Crippen molar-refractivity contribution in [2.75, 3.05) is 18.8 Å². The first kappa shape index (κ1) is 20.9. The van der Waals surface area contributed by atoms with Crippen molar-refractivity contribution in [1.82, 2.24) is 10.6 Å². The highest BCUT2D eigenvalue weighted by Crippen LogP contribution is 2.15. The van der Waals surface area contributed by atoms with E-state index in [0.717, 1.165) is 16.7 Å². The van der Waals surface area contributed by atoms with E-state index in [1.807, 2.05) is 32.0 Å². The van der Waals surface area contributed by atoms with Gasteiger partial charge in [0.15, 0.2) is 9.84 Å². The molecule has 1 aliphatic heterocycles. The zero-order chi connectivity index (χ0) is 19.3. The molecule has 0 bridgehead atoms. The normalized spacial score (nSPS) is 20.4. The van der Waals surface area contributed by atoms with Crippen molar-refractivity contribution < 1.29 is 23.3 Å². The van der Waals surface area contributed by atoms with Crippen LogP contribution >= 0.6 is 0 Å². The maximum atomic E-state index is 12.2. The quantitative estimate of drug-likeness (QED) is 0.473. The molecule has 1 aromatic carbocycles. The van der Waals surface area contributed by atoms with Crippen LogP contribution in [0.5, 0.6) is 0 Å². The Hall–Kier alpha value is -1.42. The summed E-state index contributed by atoms with van der Waals surface area (Å²) in [6, 6.07) is 5.84. The van der Waals surface area contributed by atoms with Gasteiger partial charge >= 0.3 is 7.12 Å². The van der Waals surface area contributed by atoms with Crippen LogP contribution in [0.3, 0.4) is 0 Å². The number of hydrogen-bond donors (Lipinski definition) is 4. The van der Waals surface area contributed by atoms with Crippen LogP contribution in [0.2, 0.25) is 0 Å². The highest BCUT2D eigenvalue weighted by atomic mass is 32.2. The molecule has 9 heteroatoms. The lowest BCUT2D eigenvalue weighted by atomic mass is 9.75. The number of benzene rings is 1. The van der Waals surface area contributed by atoms with Gasteiger partial charge in [-0.3, -0.25) is 4.79 Å². The van der Waals surface area contributed by atoms with E-state index in [-0.39, 0.29) is 24.5 Å². The van der Waals surface area contributed by atoms with Gasteiger partial charge in [-0.05, 0) is 37.8 Å². The van der Waals surface area contributed by atoms with Crippen LogP contribution in [0, 0.1) is 13.8 Å². The SMILES string of the molecule is Cc1ccc(C[C@H](NC(=O)CCC2CNCCS2(=O)=O)B(O)O)c(C)c1. The molecule has 1 saturated heterocycles. The van der Waals surface area contributed by atoms with Crippen LogP contribution in [0.15, 0.2) is 18.2 Å². The van der Waals surface area contributed by atoms with Gasteiger partial charge in [-0.15, -0.1) is 0 Å². The predicted octanol–water partition coefficient (Wildman–Crippen LogP) is -0.490. The minimum absolute atomic E-state index is 0.0294. The first-order valence-electron chi connectivity index (χ1n) is 8.83. The zero-order valence-corrected chi connectivity index (χ0v) is 16.1. The molecule has 0 saturated carbocycles. The Bertz CT molecular complexity index is 739. The van der Waals surface area contributed by atoms with Crippen molar-refractivity contribution in [1.29, 1.82) is 0 Å². The summed E-state index contributed by atoms with van der Waals surface area (Å²) in [5, 5.41) is 24.3. The molecular formula is C17H27BN2O5S. The van der Waals surface area contributed by atoms with E-state index in [0.29, 0.717) is 19.5 Å². The number of sulfone groups is 1. The molecule has 1 amide bonds. The lowest BCUT2D eigenvalue weighted by Crippen LogP contribution is -2.48. The second kappa shape index (κ2) is 8.99. The molecule has 2 rings (SSSR count). The topological polar surface area (TPSA) is 116 Å². The summed E-state index contributed by atoms with van der Waals surface area (Å²) < 4.78 is 24.0. The number of nitrogens with one attached hydrogen (secondary N) is 2. The summed E-state index contributed by atoms with van der Waals surface area (Å²) in [4.78, 5) is 12.2. The summed E-state index contributed by atoms with van der Waals surface area (Å²) >= 11 is 0. The van der Waals surface area contributed by atoms with E-state index in [9.17, 15) is 23.3 Å². The fraction of sp³-hybridized carbons (Fsp3) is 0.588. The van der Waals surface area contributed by atoms with Crippen LogP contribution < -0.4 is 10.6 Å². The van der Waals surface area contributed by atoms with Gasteiger partial charge in [0.05, 0.1) is 16.9 Å². The van der Waals surface area contributed by atoms with E-state index < -0.39 is 28.1 Å². The fourth-order valence-corrected chi connectivity index (χ4v) is 4.78. The standard InChI is InChI=1S/C17H27BN2O5S/c1-12-3-4-14(13(2)9-12)10-16(18(22)23)20-17(21)6-5-15-11-19-7-8-26(15,24)25/h3-4,9,15-16,19,22-23H,5-8,10-11H2,1-2H3,(H,20,21)/t15?,16-/m0/s1. The lowest BCUT2D eigenvalue weighted by molar-refractivity contribution is -0.121. The van der Waals surface area contributed by atoms with Gasteiger partial charge in [0.25, 0.3) is 0 Å². The molecule has 1 aromatic rings. The minimum atomic E-state index is -3.16. The Labute approximate surface area is 155 Å². The van der Waals surface area contributed by atoms with Gasteiger partial charge in [0, 0.05) is 19.5 Å². The van der Waals surface area contributed by atoms with Crippen LogP contribution in [-0.4, -0.2) is 61.5 Å². The summed E-state index contributed by atoms with van der Waals surface area (Å²) in [7, 11) is -4.86. The van der Waals surface area contributed by atoms with Crippen LogP contribution in [0.1, 0.15) is 29.5 Å². The maximum Gasteiger partial charge on any atom is 0.475 e. The molecular weight excluding hydrogens is 355 g/mol. The molecule has 2 atom stereocenters. The molecule has 0 spiro atoms. The van der Waals surface area contributed by atoms with Crippen molar-refractivity contribution in [3.63, 3.8) is 0 Å². The van der Waals surface area contributed by atoms with E-state index in [1.165, 1.54) is 0 Å². The number of amides is 1. The first-order chi connectivity index (χ1) is 12.2. The number of hydrogen-bond acceptors (Lipinski definition) is 6. The van der Waals surface area contributed by atoms with Crippen LogP contribution in [-0.2, 0) is 21.1 Å². The molecule has 0 aromatic heterocycles. The Morgan fingerprint density at radius 1 is 1.38 bits per heavy atom. The second-order valence-corrected chi connectivity index (χ2v) is 9.35. The number of aryl methyl sites for hydroxylation is 2. The van der Waals surface area contributed by atoms with Crippen LogP contribution in [0.25, 0.3) is 0 Å². The lowest BCUT2D eigenvalue weighted by Gasteiger charge is -2.24. The van der Waals surface area contributed by atoms with Crippen molar-refractivity contribution in [3.05, 3.63) is 34.9 Å². The number of carbonyl (C=O) groups excluding carboxylic acids is 1. The Balaban J connectivity index is 1.93. The Morgan fingerprint density at radius 3 is 2.73 bits per heavy atom. The fourth-order valence-electron chi connectivity index (χ4n) is 3.17. The zero-order valence-electron chi connectivity index (χ0n) is 15.2. The minimum Gasteiger partial charge on any atom is -0.426 e. The van der Waals surface area contributed by atoms with Gasteiger partial charge in [-0.1, -0.05) is 23.8 Å². The number of rotatable bonds is 7. The molecule has 1 heterocycles. The molecule has 1 unspecified atom stereocenters. The average molecular weight is 382 g/mol. The molecule has 1 fully saturated rings. The van der Waals surface area contributed by atoms with Crippen molar-refractivity contribution in [2.24, 2.45) is 0 Å². The molecule has 0 radical (unpaired) electrons. The third-order valence-electron chi connectivity index (χ3n) is 4.78. The van der Waals surface area contributed by atoms with Crippen molar-refractivity contribution in [3.8, 4) is 0 Å². The highest BCUT2D eigenvalue weighted by Gasteiger charge is 2.30. The van der Waals surface area contributed by atoms with E-state index in [4.69, 9.17) is 0 Å². The van der Waals surface area contributed by atoms with Gasteiger partial charge in [0.2, 0.25) is 5.91 Å². The number of carbonyl (C=O) groups is 1. The Morgan fingerprint density at radius 2 is 2.12 bits per heavy atom. The molecule has 1 aliphatic rings. The predicted molar refractivity (Wildman–Crippen MR) is 101 cm³/mol. The summed E-state index contributed by atoms with van der Waals surface area (Å²) in [5.74, 6) is -1.14.